The van der Waals surface area contributed by atoms with Gasteiger partial charge in [0, 0.05) is 22.8 Å². The summed E-state index contributed by atoms with van der Waals surface area (Å²) in [6.45, 7) is 2.91. The van der Waals surface area contributed by atoms with E-state index in [2.05, 4.69) is 15.3 Å². The average Bonchev–Trinajstić information content (AvgIpc) is 2.68. The zero-order valence-electron chi connectivity index (χ0n) is 16.4. The van der Waals surface area contributed by atoms with Crippen LogP contribution in [0.1, 0.15) is 42.3 Å². The first-order valence-corrected chi connectivity index (χ1v) is 9.43. The summed E-state index contributed by atoms with van der Waals surface area (Å²) in [6.07, 6.45) is -4.60. The van der Waals surface area contributed by atoms with Crippen molar-refractivity contribution in [3.8, 4) is 5.75 Å². The average molecular weight is 439 g/mol. The van der Waals surface area contributed by atoms with Crippen LogP contribution in [0.3, 0.4) is 0 Å². The molecule has 0 saturated carbocycles. The van der Waals surface area contributed by atoms with Crippen molar-refractivity contribution >= 4 is 16.6 Å². The molecule has 164 valence electrons. The number of aliphatic hydroxyl groups is 1. The summed E-state index contributed by atoms with van der Waals surface area (Å²) >= 11 is 0. The third kappa shape index (κ3) is 3.25. The van der Waals surface area contributed by atoms with Crippen LogP contribution in [-0.4, -0.2) is 32.0 Å². The molecule has 4 rings (SSSR count). The van der Waals surface area contributed by atoms with E-state index in [1.54, 1.807) is 0 Å². The van der Waals surface area contributed by atoms with Gasteiger partial charge in [-0.25, -0.2) is 18.7 Å². The highest BCUT2D eigenvalue weighted by Crippen LogP contribution is 2.54. The first-order valence-electron chi connectivity index (χ1n) is 9.43. The summed E-state index contributed by atoms with van der Waals surface area (Å²) in [6, 6.07) is 2.39. The van der Waals surface area contributed by atoms with Crippen LogP contribution in [0.5, 0.6) is 5.75 Å². The lowest BCUT2D eigenvalue weighted by atomic mass is 9.70. The highest BCUT2D eigenvalue weighted by atomic mass is 19.4. The number of fused-ring (bicyclic) bond motifs is 2. The molecule has 2 aromatic carbocycles. The van der Waals surface area contributed by atoms with E-state index >= 15 is 0 Å². The third-order valence-electron chi connectivity index (χ3n) is 5.71. The van der Waals surface area contributed by atoms with Gasteiger partial charge in [-0.15, -0.1) is 0 Å². The van der Waals surface area contributed by atoms with Gasteiger partial charge in [0.05, 0.1) is 6.04 Å². The van der Waals surface area contributed by atoms with Gasteiger partial charge >= 0.3 is 6.18 Å². The van der Waals surface area contributed by atoms with Gasteiger partial charge in [0.1, 0.15) is 17.2 Å². The molecule has 0 bridgehead atoms. The Morgan fingerprint density at radius 2 is 1.81 bits per heavy atom. The molecule has 0 saturated heterocycles. The number of aryl methyl sites for hydroxylation is 1. The van der Waals surface area contributed by atoms with Crippen LogP contribution in [0.15, 0.2) is 30.5 Å². The molecule has 5 nitrogen and oxygen atoms in total. The van der Waals surface area contributed by atoms with Gasteiger partial charge in [0.2, 0.25) is 0 Å². The van der Waals surface area contributed by atoms with Crippen molar-refractivity contribution in [1.82, 2.24) is 9.97 Å². The number of aromatic nitrogens is 2. The fraction of sp³-hybridized carbons (Fsp3) is 0.333. The molecule has 31 heavy (non-hydrogen) atoms. The molecule has 0 amide bonds. The molecule has 1 aliphatic rings. The van der Waals surface area contributed by atoms with Crippen LogP contribution in [0.2, 0.25) is 0 Å². The Labute approximate surface area is 173 Å². The number of phenolic OH excluding ortho intramolecular Hbond substituents is 1. The van der Waals surface area contributed by atoms with E-state index in [-0.39, 0.29) is 33.5 Å². The standard InChI is InChI=1S/C21H18F5N3O2/c1-9-7-20(31,21(24,25)26)19(11-3-4-14(23)18(30)16(9)11)29-15-6-5-13(22)17-12(15)8-27-10(2)28-17/h3-6,8-9,19,29-31H,7H2,1-2H3/t9?,19?,20-/m1/s1. The molecule has 0 fully saturated rings. The van der Waals surface area contributed by atoms with Crippen molar-refractivity contribution < 1.29 is 32.2 Å². The predicted octanol–water partition coefficient (Wildman–Crippen LogP) is 4.88. The number of nitrogens with one attached hydrogen (secondary N) is 1. The predicted molar refractivity (Wildman–Crippen MR) is 103 cm³/mol. The lowest BCUT2D eigenvalue weighted by Crippen LogP contribution is -2.55. The maximum Gasteiger partial charge on any atom is 0.419 e. The Bertz CT molecular complexity index is 1180. The maximum atomic E-state index is 14.2. The third-order valence-corrected chi connectivity index (χ3v) is 5.71. The van der Waals surface area contributed by atoms with Crippen LogP contribution in [0.25, 0.3) is 10.9 Å². The molecule has 3 N–H and O–H groups in total. The second kappa shape index (κ2) is 7.01. The zero-order valence-corrected chi connectivity index (χ0v) is 16.4. The second-order valence-corrected chi connectivity index (χ2v) is 7.78. The molecule has 2 unspecified atom stereocenters. The van der Waals surface area contributed by atoms with Crippen molar-refractivity contribution in [2.24, 2.45) is 0 Å². The largest absolute Gasteiger partial charge is 0.505 e. The number of aromatic hydroxyl groups is 1. The van der Waals surface area contributed by atoms with E-state index in [9.17, 15) is 32.2 Å². The minimum Gasteiger partial charge on any atom is -0.505 e. The SMILES string of the molecule is Cc1ncc2c(NC3c4ccc(F)c(O)c4C(C)C[C@]3(O)C(F)(F)F)ccc(F)c2n1. The number of hydrogen-bond acceptors (Lipinski definition) is 5. The Balaban J connectivity index is 1.93. The van der Waals surface area contributed by atoms with E-state index in [4.69, 9.17) is 0 Å². The lowest BCUT2D eigenvalue weighted by molar-refractivity contribution is -0.272. The van der Waals surface area contributed by atoms with Gasteiger partial charge in [-0.3, -0.25) is 0 Å². The summed E-state index contributed by atoms with van der Waals surface area (Å²) < 4.78 is 70.3. The molecule has 3 aromatic rings. The molecular formula is C21H18F5N3O2. The van der Waals surface area contributed by atoms with Crippen molar-refractivity contribution in [2.75, 3.05) is 5.32 Å². The van der Waals surface area contributed by atoms with Crippen molar-refractivity contribution in [3.63, 3.8) is 0 Å². The second-order valence-electron chi connectivity index (χ2n) is 7.78. The smallest absolute Gasteiger partial charge is 0.419 e. The normalized spacial score (nSPS) is 23.6. The van der Waals surface area contributed by atoms with Crippen molar-refractivity contribution in [2.45, 2.75) is 44.0 Å². The van der Waals surface area contributed by atoms with E-state index < -0.39 is 47.5 Å². The van der Waals surface area contributed by atoms with Gasteiger partial charge < -0.3 is 15.5 Å². The Hall–Kier alpha value is -3.01. The minimum absolute atomic E-state index is 0.0232. The van der Waals surface area contributed by atoms with Crippen LogP contribution < -0.4 is 5.32 Å². The fourth-order valence-corrected chi connectivity index (χ4v) is 4.24. The number of hydrogen-bond donors (Lipinski definition) is 3. The topological polar surface area (TPSA) is 78.3 Å². The molecular weight excluding hydrogens is 421 g/mol. The number of benzene rings is 2. The summed E-state index contributed by atoms with van der Waals surface area (Å²) in [5.41, 5.74) is -3.42. The summed E-state index contributed by atoms with van der Waals surface area (Å²) in [7, 11) is 0. The quantitative estimate of drug-likeness (QED) is 0.497. The van der Waals surface area contributed by atoms with Gasteiger partial charge in [-0.1, -0.05) is 13.0 Å². The number of phenols is 1. The Kier molecular flexibility index (Phi) is 4.80. The lowest BCUT2D eigenvalue weighted by Gasteiger charge is -2.45. The number of anilines is 1. The van der Waals surface area contributed by atoms with Crippen molar-refractivity contribution in [1.29, 1.82) is 0 Å². The van der Waals surface area contributed by atoms with E-state index in [1.807, 2.05) is 0 Å². The molecule has 1 aliphatic carbocycles. The van der Waals surface area contributed by atoms with Crippen LogP contribution in [0, 0.1) is 18.6 Å². The molecule has 1 aromatic heterocycles. The molecule has 10 heteroatoms. The molecule has 0 aliphatic heterocycles. The summed E-state index contributed by atoms with van der Waals surface area (Å²) in [4.78, 5) is 7.97. The fourth-order valence-electron chi connectivity index (χ4n) is 4.24. The van der Waals surface area contributed by atoms with Gasteiger partial charge in [-0.05, 0) is 43.0 Å². The van der Waals surface area contributed by atoms with E-state index in [1.165, 1.54) is 26.1 Å². The minimum atomic E-state index is -5.05. The highest BCUT2D eigenvalue weighted by Gasteiger charge is 2.62. The monoisotopic (exact) mass is 439 g/mol. The number of rotatable bonds is 2. The van der Waals surface area contributed by atoms with E-state index in [0.717, 1.165) is 18.2 Å². The summed E-state index contributed by atoms with van der Waals surface area (Å²) in [5, 5.41) is 23.7. The van der Waals surface area contributed by atoms with Crippen LogP contribution in [0.4, 0.5) is 27.6 Å². The van der Waals surface area contributed by atoms with Gasteiger partial charge in [0.25, 0.3) is 0 Å². The Morgan fingerprint density at radius 1 is 1.13 bits per heavy atom. The number of nitrogens with zero attached hydrogens (tertiary/aromatic N) is 2. The first kappa shape index (κ1) is 21.2. The number of alkyl halides is 3. The Morgan fingerprint density at radius 3 is 2.48 bits per heavy atom. The van der Waals surface area contributed by atoms with Gasteiger partial charge in [-0.2, -0.15) is 13.2 Å². The van der Waals surface area contributed by atoms with Crippen LogP contribution in [-0.2, 0) is 0 Å². The molecule has 3 atom stereocenters. The van der Waals surface area contributed by atoms with Crippen molar-refractivity contribution in [3.05, 3.63) is 59.0 Å². The molecule has 0 spiro atoms. The molecule has 1 heterocycles. The zero-order chi connectivity index (χ0) is 22.7. The van der Waals surface area contributed by atoms with Crippen LogP contribution >= 0.6 is 0 Å². The highest BCUT2D eigenvalue weighted by molar-refractivity contribution is 5.91. The maximum absolute atomic E-state index is 14.2. The summed E-state index contributed by atoms with van der Waals surface area (Å²) in [5.74, 6) is -3.13. The molecule has 0 radical (unpaired) electrons. The van der Waals surface area contributed by atoms with Gasteiger partial charge in [0.15, 0.2) is 17.2 Å². The van der Waals surface area contributed by atoms with E-state index in [0.29, 0.717) is 0 Å². The number of halogens is 5. The first-order chi connectivity index (χ1) is 14.4.